The highest BCUT2D eigenvalue weighted by atomic mass is 35.7. The average molecular weight is 365 g/mol. The van der Waals surface area contributed by atoms with Gasteiger partial charge in [-0.15, -0.1) is 0 Å². The number of furan rings is 1. The van der Waals surface area contributed by atoms with E-state index in [0.29, 0.717) is 10.8 Å². The number of rotatable bonds is 2. The van der Waals surface area contributed by atoms with Crippen molar-refractivity contribution in [3.05, 3.63) is 36.4 Å². The summed E-state index contributed by atoms with van der Waals surface area (Å²) in [6.07, 6.45) is 0. The molecule has 0 aliphatic heterocycles. The van der Waals surface area contributed by atoms with Crippen molar-refractivity contribution in [2.75, 3.05) is 0 Å². The smallest absolute Gasteiger partial charge is 0.265 e. The van der Waals surface area contributed by atoms with Crippen LogP contribution in [0.3, 0.4) is 0 Å². The fourth-order valence-corrected chi connectivity index (χ4v) is 3.84. The van der Waals surface area contributed by atoms with Gasteiger partial charge in [0.15, 0.2) is 5.58 Å². The van der Waals surface area contributed by atoms with Crippen molar-refractivity contribution in [3.63, 3.8) is 0 Å². The topological polar surface area (TPSA) is 81.4 Å². The van der Waals surface area contributed by atoms with Crippen LogP contribution in [0.1, 0.15) is 0 Å². The highest BCUT2D eigenvalue weighted by Crippen LogP contribution is 2.35. The van der Waals surface area contributed by atoms with Crippen molar-refractivity contribution in [2.45, 2.75) is 9.79 Å². The van der Waals surface area contributed by atoms with E-state index in [2.05, 4.69) is 0 Å². The minimum absolute atomic E-state index is 0.0756. The van der Waals surface area contributed by atoms with E-state index in [0.717, 1.165) is 0 Å². The molecule has 0 atom stereocenters. The van der Waals surface area contributed by atoms with Gasteiger partial charge < -0.3 is 4.42 Å². The summed E-state index contributed by atoms with van der Waals surface area (Å²) in [5.41, 5.74) is 0.283. The molecule has 0 unspecified atom stereocenters. The molecule has 0 fully saturated rings. The second-order valence-electron chi connectivity index (χ2n) is 4.27. The largest absolute Gasteiger partial charge is 0.455 e. The zero-order valence-electron chi connectivity index (χ0n) is 10.1. The molecule has 1 aromatic heterocycles. The third kappa shape index (κ3) is 2.50. The molecule has 0 saturated heterocycles. The van der Waals surface area contributed by atoms with Gasteiger partial charge >= 0.3 is 0 Å². The lowest BCUT2D eigenvalue weighted by Crippen LogP contribution is -1.90. The van der Waals surface area contributed by atoms with Crippen LogP contribution in [0, 0.1) is 0 Å². The minimum atomic E-state index is -3.98. The third-order valence-electron chi connectivity index (χ3n) is 2.98. The van der Waals surface area contributed by atoms with Gasteiger partial charge in [-0.3, -0.25) is 0 Å². The molecule has 0 spiro atoms. The van der Waals surface area contributed by atoms with Crippen LogP contribution in [-0.2, 0) is 18.1 Å². The quantitative estimate of drug-likeness (QED) is 0.650. The van der Waals surface area contributed by atoms with E-state index in [4.69, 9.17) is 25.8 Å². The summed E-state index contributed by atoms with van der Waals surface area (Å²) >= 11 is 0. The Morgan fingerprint density at radius 2 is 1.57 bits per heavy atom. The molecule has 3 aromatic rings. The summed E-state index contributed by atoms with van der Waals surface area (Å²) < 4.78 is 51.2. The lowest BCUT2D eigenvalue weighted by molar-refractivity contribution is 0.603. The molecular formula is C12H6Cl2O5S2. The van der Waals surface area contributed by atoms with Gasteiger partial charge in [0.1, 0.15) is 10.5 Å². The Morgan fingerprint density at radius 3 is 2.19 bits per heavy atom. The van der Waals surface area contributed by atoms with E-state index < -0.39 is 18.1 Å². The molecule has 1 heterocycles. The van der Waals surface area contributed by atoms with E-state index >= 15 is 0 Å². The van der Waals surface area contributed by atoms with Gasteiger partial charge in [0.05, 0.1) is 4.90 Å². The number of benzene rings is 2. The molecular weight excluding hydrogens is 359 g/mol. The van der Waals surface area contributed by atoms with Crippen molar-refractivity contribution in [1.29, 1.82) is 0 Å². The Hall–Kier alpha value is -1.28. The molecule has 9 heteroatoms. The highest BCUT2D eigenvalue weighted by molar-refractivity contribution is 8.14. The Labute approximate surface area is 128 Å². The maximum atomic E-state index is 11.5. The molecule has 5 nitrogen and oxygen atoms in total. The van der Waals surface area contributed by atoms with Gasteiger partial charge in [0.2, 0.25) is 0 Å². The number of hydrogen-bond donors (Lipinski definition) is 0. The number of para-hydroxylation sites is 1. The average Bonchev–Trinajstić information content (AvgIpc) is 2.73. The predicted molar refractivity (Wildman–Crippen MR) is 79.8 cm³/mol. The summed E-state index contributed by atoms with van der Waals surface area (Å²) in [4.78, 5) is -0.306. The van der Waals surface area contributed by atoms with Crippen molar-refractivity contribution in [2.24, 2.45) is 0 Å². The summed E-state index contributed by atoms with van der Waals surface area (Å²) in [7, 11) is 2.76. The predicted octanol–water partition coefficient (Wildman–Crippen LogP) is 3.44. The van der Waals surface area contributed by atoms with Crippen molar-refractivity contribution >= 4 is 61.4 Å². The maximum absolute atomic E-state index is 11.5. The SMILES string of the molecule is O=S(=O)(Cl)c1ccc2c(c1)oc1c(S(=O)(=O)Cl)cccc12. The number of fused-ring (bicyclic) bond motifs is 3. The van der Waals surface area contributed by atoms with Crippen LogP contribution in [0.15, 0.2) is 50.6 Å². The fraction of sp³-hybridized carbons (Fsp3) is 0. The van der Waals surface area contributed by atoms with Crippen LogP contribution in [0.25, 0.3) is 21.9 Å². The highest BCUT2D eigenvalue weighted by Gasteiger charge is 2.20. The maximum Gasteiger partial charge on any atom is 0.265 e. The first-order valence-electron chi connectivity index (χ1n) is 5.52. The standard InChI is InChI=1S/C12H6Cl2O5S2/c13-20(15,16)7-4-5-8-9-2-1-3-11(21(14,17)18)12(9)19-10(8)6-7/h1-6H. The molecule has 0 bridgehead atoms. The third-order valence-corrected chi connectivity index (χ3v) is 5.68. The molecule has 0 N–H and O–H groups in total. The summed E-state index contributed by atoms with van der Waals surface area (Å²) in [5, 5.41) is 1.08. The van der Waals surface area contributed by atoms with Crippen LogP contribution >= 0.6 is 21.4 Å². The van der Waals surface area contributed by atoms with Crippen LogP contribution in [0.4, 0.5) is 0 Å². The van der Waals surface area contributed by atoms with Crippen LogP contribution in [0.5, 0.6) is 0 Å². The molecule has 3 rings (SSSR count). The van der Waals surface area contributed by atoms with Crippen molar-refractivity contribution < 1.29 is 21.3 Å². The molecule has 0 radical (unpaired) electrons. The second-order valence-corrected chi connectivity index (χ2v) is 9.37. The molecule has 0 saturated carbocycles. The Bertz CT molecular complexity index is 1080. The summed E-state index contributed by atoms with van der Waals surface area (Å²) in [6.45, 7) is 0. The minimum Gasteiger partial charge on any atom is -0.455 e. The first-order valence-corrected chi connectivity index (χ1v) is 10.1. The van der Waals surface area contributed by atoms with E-state index in [9.17, 15) is 16.8 Å². The zero-order valence-corrected chi connectivity index (χ0v) is 13.2. The van der Waals surface area contributed by atoms with Crippen LogP contribution in [-0.4, -0.2) is 16.8 Å². The van der Waals surface area contributed by atoms with Gasteiger partial charge in [-0.1, -0.05) is 12.1 Å². The second kappa shape index (κ2) is 4.61. The number of hydrogen-bond acceptors (Lipinski definition) is 5. The first kappa shape index (κ1) is 14.6. The normalized spacial score (nSPS) is 13.0. The Morgan fingerprint density at radius 1 is 0.857 bits per heavy atom. The zero-order chi connectivity index (χ0) is 15.4. The molecule has 110 valence electrons. The van der Waals surface area contributed by atoms with Gasteiger partial charge in [-0.2, -0.15) is 0 Å². The first-order chi connectivity index (χ1) is 9.68. The molecule has 0 aliphatic rings. The van der Waals surface area contributed by atoms with Crippen molar-refractivity contribution in [1.82, 2.24) is 0 Å². The van der Waals surface area contributed by atoms with Gasteiger partial charge in [-0.05, 0) is 18.2 Å². The molecule has 0 aliphatic carbocycles. The lowest BCUT2D eigenvalue weighted by atomic mass is 10.1. The molecule has 2 aromatic carbocycles. The van der Waals surface area contributed by atoms with E-state index in [-0.39, 0.29) is 21.0 Å². The molecule has 21 heavy (non-hydrogen) atoms. The van der Waals surface area contributed by atoms with Gasteiger partial charge in [0, 0.05) is 38.2 Å². The lowest BCUT2D eigenvalue weighted by Gasteiger charge is -1.96. The monoisotopic (exact) mass is 364 g/mol. The Balaban J connectivity index is 2.45. The summed E-state index contributed by atoms with van der Waals surface area (Å²) in [5.74, 6) is 0. The Kier molecular flexibility index (Phi) is 3.21. The summed E-state index contributed by atoms with van der Waals surface area (Å²) in [6, 6.07) is 8.55. The van der Waals surface area contributed by atoms with E-state index in [1.165, 1.54) is 30.3 Å². The van der Waals surface area contributed by atoms with Crippen LogP contribution in [0.2, 0.25) is 0 Å². The van der Waals surface area contributed by atoms with E-state index in [1.807, 2.05) is 0 Å². The molecule has 0 amide bonds. The van der Waals surface area contributed by atoms with Crippen LogP contribution < -0.4 is 0 Å². The van der Waals surface area contributed by atoms with Gasteiger partial charge in [0.25, 0.3) is 18.1 Å². The van der Waals surface area contributed by atoms with Gasteiger partial charge in [-0.25, -0.2) is 16.8 Å². The van der Waals surface area contributed by atoms with Crippen molar-refractivity contribution in [3.8, 4) is 0 Å². The number of halogens is 2. The fourth-order valence-electron chi connectivity index (χ4n) is 2.10. The van der Waals surface area contributed by atoms with E-state index in [1.54, 1.807) is 6.07 Å².